The fourth-order valence-electron chi connectivity index (χ4n) is 4.30. The molecule has 2 aliphatic rings. The number of aryl methyl sites for hydroxylation is 2. The van der Waals surface area contributed by atoms with Crippen LogP contribution in [0.4, 0.5) is 0 Å². The molecule has 2 aliphatic heterocycles. The van der Waals surface area contributed by atoms with Crippen LogP contribution in [0.1, 0.15) is 68.7 Å². The fraction of sp³-hybridized carbons (Fsp3) is 0.440. The van der Waals surface area contributed by atoms with Gasteiger partial charge in [-0.15, -0.1) is 0 Å². The van der Waals surface area contributed by atoms with Gasteiger partial charge < -0.3 is 4.90 Å². The lowest BCUT2D eigenvalue weighted by Gasteiger charge is -2.41. The molecular weight excluding hydrogens is 314 g/mol. The first-order valence-electron chi connectivity index (χ1n) is 10.3. The molecule has 0 spiro atoms. The molecule has 0 N–H and O–H groups in total. The van der Waals surface area contributed by atoms with Crippen molar-refractivity contribution in [3.05, 3.63) is 77.0 Å². The zero-order chi connectivity index (χ0) is 18.7. The fourth-order valence-corrected chi connectivity index (χ4v) is 4.30. The molecule has 26 heavy (non-hydrogen) atoms. The topological polar surface area (TPSA) is 3.24 Å². The average molecular weight is 348 g/mol. The summed E-state index contributed by atoms with van der Waals surface area (Å²) < 4.78 is 0. The first-order valence-corrected chi connectivity index (χ1v) is 10.3. The van der Waals surface area contributed by atoms with Crippen molar-refractivity contribution in [2.24, 2.45) is 0 Å². The number of fused-ring (bicyclic) bond motifs is 3. The summed E-state index contributed by atoms with van der Waals surface area (Å²) in [5, 5.41) is 0. The molecule has 0 aliphatic carbocycles. The Hall–Kier alpha value is -2.02. The van der Waals surface area contributed by atoms with E-state index in [1.807, 2.05) is 6.08 Å². The SMILES string of the molecule is C=CC1=CN2C(=CC1=C)c1cc(CC)c(CCCCC)cc1CC2CC. The van der Waals surface area contributed by atoms with E-state index in [-0.39, 0.29) is 0 Å². The number of hydrogen-bond acceptors (Lipinski definition) is 1. The minimum Gasteiger partial charge on any atom is -0.343 e. The average Bonchev–Trinajstić information content (AvgIpc) is 2.66. The van der Waals surface area contributed by atoms with Crippen molar-refractivity contribution in [3.63, 3.8) is 0 Å². The molecule has 1 nitrogen and oxygen atoms in total. The predicted octanol–water partition coefficient (Wildman–Crippen LogP) is 6.60. The van der Waals surface area contributed by atoms with Crippen LogP contribution < -0.4 is 0 Å². The first-order chi connectivity index (χ1) is 12.6. The Kier molecular flexibility index (Phi) is 5.86. The summed E-state index contributed by atoms with van der Waals surface area (Å²) in [4.78, 5) is 2.46. The number of nitrogens with zero attached hydrogens (tertiary/aromatic N) is 1. The summed E-state index contributed by atoms with van der Waals surface area (Å²) in [6.45, 7) is 15.1. The third-order valence-corrected chi connectivity index (χ3v) is 5.91. The number of hydrogen-bond donors (Lipinski definition) is 0. The highest BCUT2D eigenvalue weighted by Crippen LogP contribution is 2.40. The summed E-state index contributed by atoms with van der Waals surface area (Å²) in [7, 11) is 0. The minimum absolute atomic E-state index is 0.521. The van der Waals surface area contributed by atoms with Crippen molar-refractivity contribution in [1.29, 1.82) is 0 Å². The molecule has 0 saturated heterocycles. The van der Waals surface area contributed by atoms with Crippen LogP contribution in [0.15, 0.2) is 54.8 Å². The summed E-state index contributed by atoms with van der Waals surface area (Å²) in [6.07, 6.45) is 14.9. The Morgan fingerprint density at radius 2 is 1.96 bits per heavy atom. The normalized spacial score (nSPS) is 18.8. The van der Waals surface area contributed by atoms with Crippen molar-refractivity contribution in [3.8, 4) is 0 Å². The molecule has 0 aromatic heterocycles. The summed E-state index contributed by atoms with van der Waals surface area (Å²) in [6, 6.07) is 5.49. The van der Waals surface area contributed by atoms with Crippen LogP contribution in [0.3, 0.4) is 0 Å². The van der Waals surface area contributed by atoms with Crippen LogP contribution in [-0.4, -0.2) is 10.9 Å². The standard InChI is InChI=1S/C25H33N/c1-6-10-11-12-21-14-22-15-23(9-4)26-17-20(8-3)18(5)13-25(26)24(22)16-19(21)7-2/h8,13-14,16-17,23H,3,5-7,9-12,15H2,1-2,4H3. The lowest BCUT2D eigenvalue weighted by Crippen LogP contribution is -2.37. The van der Waals surface area contributed by atoms with E-state index in [0.29, 0.717) is 6.04 Å². The third kappa shape index (κ3) is 3.45. The van der Waals surface area contributed by atoms with Crippen molar-refractivity contribution in [2.75, 3.05) is 0 Å². The molecule has 0 fully saturated rings. The van der Waals surface area contributed by atoms with Gasteiger partial charge in [0.15, 0.2) is 0 Å². The van der Waals surface area contributed by atoms with E-state index in [0.717, 1.165) is 30.4 Å². The predicted molar refractivity (Wildman–Crippen MR) is 114 cm³/mol. The molecule has 138 valence electrons. The summed E-state index contributed by atoms with van der Waals surface area (Å²) >= 11 is 0. The van der Waals surface area contributed by atoms with Crippen LogP contribution in [-0.2, 0) is 19.3 Å². The molecule has 1 atom stereocenters. The Morgan fingerprint density at radius 1 is 1.15 bits per heavy atom. The van der Waals surface area contributed by atoms with Gasteiger partial charge in [0.1, 0.15) is 0 Å². The zero-order valence-electron chi connectivity index (χ0n) is 16.8. The van der Waals surface area contributed by atoms with E-state index >= 15 is 0 Å². The maximum atomic E-state index is 4.25. The summed E-state index contributed by atoms with van der Waals surface area (Å²) in [5.74, 6) is 0. The van der Waals surface area contributed by atoms with Gasteiger partial charge in [-0.2, -0.15) is 0 Å². The Balaban J connectivity index is 2.04. The van der Waals surface area contributed by atoms with Crippen molar-refractivity contribution < 1.29 is 0 Å². The quantitative estimate of drug-likeness (QED) is 0.502. The van der Waals surface area contributed by atoms with Gasteiger partial charge in [-0.05, 0) is 72.1 Å². The van der Waals surface area contributed by atoms with E-state index in [1.165, 1.54) is 48.1 Å². The minimum atomic E-state index is 0.521. The van der Waals surface area contributed by atoms with Crippen LogP contribution in [0.25, 0.3) is 5.70 Å². The van der Waals surface area contributed by atoms with E-state index in [1.54, 1.807) is 5.56 Å². The molecular formula is C25H33N. The zero-order valence-corrected chi connectivity index (χ0v) is 16.8. The number of rotatable bonds is 7. The van der Waals surface area contributed by atoms with Gasteiger partial charge in [-0.1, -0.05) is 58.9 Å². The largest absolute Gasteiger partial charge is 0.343 e. The monoisotopic (exact) mass is 347 g/mol. The van der Waals surface area contributed by atoms with Crippen LogP contribution in [0.5, 0.6) is 0 Å². The molecule has 1 heteroatoms. The molecule has 3 rings (SSSR count). The number of unbranched alkanes of at least 4 members (excludes halogenated alkanes) is 2. The molecule has 1 aromatic rings. The number of allylic oxidation sites excluding steroid dienone is 4. The highest BCUT2D eigenvalue weighted by atomic mass is 15.2. The van der Waals surface area contributed by atoms with E-state index < -0.39 is 0 Å². The Morgan fingerprint density at radius 3 is 2.62 bits per heavy atom. The molecule has 1 aromatic carbocycles. The summed E-state index contributed by atoms with van der Waals surface area (Å²) in [5.41, 5.74) is 9.54. The lowest BCUT2D eigenvalue weighted by atomic mass is 9.83. The highest BCUT2D eigenvalue weighted by molar-refractivity contribution is 5.77. The van der Waals surface area contributed by atoms with E-state index in [9.17, 15) is 0 Å². The maximum absolute atomic E-state index is 4.25. The van der Waals surface area contributed by atoms with Crippen LogP contribution in [0, 0.1) is 0 Å². The van der Waals surface area contributed by atoms with Crippen LogP contribution in [0.2, 0.25) is 0 Å². The second kappa shape index (κ2) is 8.12. The molecule has 0 saturated carbocycles. The number of benzene rings is 1. The molecule has 0 bridgehead atoms. The van der Waals surface area contributed by atoms with Crippen LogP contribution >= 0.6 is 0 Å². The second-order valence-corrected chi connectivity index (χ2v) is 7.61. The van der Waals surface area contributed by atoms with Crippen molar-refractivity contribution >= 4 is 5.70 Å². The van der Waals surface area contributed by atoms with E-state index in [2.05, 4.69) is 63.2 Å². The van der Waals surface area contributed by atoms with E-state index in [4.69, 9.17) is 0 Å². The van der Waals surface area contributed by atoms with Gasteiger partial charge in [0.25, 0.3) is 0 Å². The molecule has 2 heterocycles. The highest BCUT2D eigenvalue weighted by Gasteiger charge is 2.30. The Labute approximate surface area is 159 Å². The first kappa shape index (κ1) is 18.8. The lowest BCUT2D eigenvalue weighted by molar-refractivity contribution is 0.353. The smallest absolute Gasteiger partial charge is 0.0491 e. The molecule has 0 radical (unpaired) electrons. The third-order valence-electron chi connectivity index (χ3n) is 5.91. The van der Waals surface area contributed by atoms with Gasteiger partial charge in [0.2, 0.25) is 0 Å². The molecule has 0 amide bonds. The van der Waals surface area contributed by atoms with Gasteiger partial charge in [-0.3, -0.25) is 0 Å². The van der Waals surface area contributed by atoms with Crippen molar-refractivity contribution in [2.45, 2.75) is 71.8 Å². The van der Waals surface area contributed by atoms with Gasteiger partial charge in [0.05, 0.1) is 0 Å². The second-order valence-electron chi connectivity index (χ2n) is 7.61. The van der Waals surface area contributed by atoms with Gasteiger partial charge in [0, 0.05) is 23.5 Å². The Bertz CT molecular complexity index is 763. The molecule has 1 unspecified atom stereocenters. The maximum Gasteiger partial charge on any atom is 0.0491 e. The van der Waals surface area contributed by atoms with Crippen molar-refractivity contribution in [1.82, 2.24) is 4.90 Å². The van der Waals surface area contributed by atoms with Gasteiger partial charge >= 0.3 is 0 Å². The van der Waals surface area contributed by atoms with Gasteiger partial charge in [-0.25, -0.2) is 0 Å².